The van der Waals surface area contributed by atoms with Crippen LogP contribution in [-0.4, -0.2) is 35.6 Å². The molecular weight excluding hydrogens is 421 g/mol. The van der Waals surface area contributed by atoms with Crippen molar-refractivity contribution in [2.75, 3.05) is 6.54 Å². The predicted molar refractivity (Wildman–Crippen MR) is 114 cm³/mol. The fourth-order valence-electron chi connectivity index (χ4n) is 3.17. The summed E-state index contributed by atoms with van der Waals surface area (Å²) < 4.78 is 42.5. The highest BCUT2D eigenvalue weighted by Crippen LogP contribution is 2.20. The molecule has 2 heterocycles. The summed E-state index contributed by atoms with van der Waals surface area (Å²) in [5, 5.41) is 8.93. The summed E-state index contributed by atoms with van der Waals surface area (Å²) in [6.07, 6.45) is 6.38. The summed E-state index contributed by atoms with van der Waals surface area (Å²) in [7, 11) is -3.77. The number of hydrogen-bond acceptors (Lipinski definition) is 4. The molecule has 3 rings (SSSR count). The Morgan fingerprint density at radius 1 is 1.26 bits per heavy atom. The van der Waals surface area contributed by atoms with Gasteiger partial charge in [-0.3, -0.25) is 4.98 Å². The van der Waals surface area contributed by atoms with Crippen molar-refractivity contribution in [3.8, 4) is 0 Å². The van der Waals surface area contributed by atoms with Crippen molar-refractivity contribution in [1.82, 2.24) is 14.3 Å². The Bertz CT molecular complexity index is 1190. The second-order valence-electron chi connectivity index (χ2n) is 6.90. The molecule has 0 aliphatic heterocycles. The number of hydrogen-bond donors (Lipinski definition) is 2. The fourth-order valence-corrected chi connectivity index (χ4v) is 4.21. The minimum absolute atomic E-state index is 0.0131. The molecule has 0 aliphatic rings. The number of carbonyl (C=O) groups is 1. The molecule has 2 N–H and O–H groups in total. The predicted octanol–water partition coefficient (Wildman–Crippen LogP) is 3.00. The van der Waals surface area contributed by atoms with Crippen LogP contribution in [0.2, 0.25) is 0 Å². The van der Waals surface area contributed by atoms with E-state index in [4.69, 9.17) is 5.11 Å². The molecular formula is C22H22FN3O4S. The van der Waals surface area contributed by atoms with Crippen LogP contribution >= 0.6 is 0 Å². The number of nitrogens with zero attached hydrogens (tertiary/aromatic N) is 2. The zero-order valence-corrected chi connectivity index (χ0v) is 17.6. The highest BCUT2D eigenvalue weighted by atomic mass is 32.2. The number of nitrogens with one attached hydrogen (secondary N) is 1. The van der Waals surface area contributed by atoms with Gasteiger partial charge in [-0.1, -0.05) is 6.07 Å². The molecule has 2 aromatic heterocycles. The molecule has 0 fully saturated rings. The van der Waals surface area contributed by atoms with Gasteiger partial charge in [0.25, 0.3) is 0 Å². The largest absolute Gasteiger partial charge is 0.478 e. The fraction of sp³-hybridized carbons (Fsp3) is 0.182. The quantitative estimate of drug-likeness (QED) is 0.495. The zero-order valence-electron chi connectivity index (χ0n) is 16.8. The van der Waals surface area contributed by atoms with Crippen LogP contribution in [-0.2, 0) is 27.8 Å². The van der Waals surface area contributed by atoms with Crippen molar-refractivity contribution < 1.29 is 22.7 Å². The maximum Gasteiger partial charge on any atom is 0.328 e. The number of rotatable bonds is 9. The van der Waals surface area contributed by atoms with Crippen LogP contribution in [0.4, 0.5) is 4.39 Å². The summed E-state index contributed by atoms with van der Waals surface area (Å²) in [5.74, 6) is -1.56. The molecule has 0 amide bonds. The summed E-state index contributed by atoms with van der Waals surface area (Å²) >= 11 is 0. The first-order valence-corrected chi connectivity index (χ1v) is 11.0. The monoisotopic (exact) mass is 443 g/mol. The van der Waals surface area contributed by atoms with E-state index in [1.165, 1.54) is 18.2 Å². The smallest absolute Gasteiger partial charge is 0.328 e. The molecule has 0 bridgehead atoms. The molecule has 31 heavy (non-hydrogen) atoms. The third-order valence-corrected chi connectivity index (χ3v) is 6.23. The van der Waals surface area contributed by atoms with Gasteiger partial charge in [-0.05, 0) is 60.5 Å². The summed E-state index contributed by atoms with van der Waals surface area (Å²) in [4.78, 5) is 15.0. The molecule has 7 nitrogen and oxygen atoms in total. The van der Waals surface area contributed by atoms with E-state index in [9.17, 15) is 17.6 Å². The van der Waals surface area contributed by atoms with E-state index >= 15 is 0 Å². The van der Waals surface area contributed by atoms with Crippen molar-refractivity contribution in [1.29, 1.82) is 0 Å². The summed E-state index contributed by atoms with van der Waals surface area (Å²) in [6, 6.07) is 10.2. The van der Waals surface area contributed by atoms with Gasteiger partial charge in [0.1, 0.15) is 5.82 Å². The Morgan fingerprint density at radius 3 is 2.65 bits per heavy atom. The van der Waals surface area contributed by atoms with Crippen molar-refractivity contribution in [3.63, 3.8) is 0 Å². The summed E-state index contributed by atoms with van der Waals surface area (Å²) in [6.45, 7) is 2.52. The van der Waals surface area contributed by atoms with E-state index in [0.717, 1.165) is 40.7 Å². The lowest BCUT2D eigenvalue weighted by Gasteiger charge is -2.13. The number of halogens is 1. The van der Waals surface area contributed by atoms with E-state index in [1.54, 1.807) is 12.4 Å². The van der Waals surface area contributed by atoms with Crippen LogP contribution in [0.5, 0.6) is 0 Å². The number of benzene rings is 1. The SMILES string of the molecule is Cc1c(/C=C/C(=O)O)cc(CCNS(=O)(=O)c2ccc(F)cc2)n1Cc1cccnc1. The zero-order chi connectivity index (χ0) is 22.4. The first-order chi connectivity index (χ1) is 14.8. The molecule has 0 saturated heterocycles. The first kappa shape index (κ1) is 22.4. The van der Waals surface area contributed by atoms with Gasteiger partial charge in [-0.15, -0.1) is 0 Å². The van der Waals surface area contributed by atoms with Gasteiger partial charge < -0.3 is 9.67 Å². The van der Waals surface area contributed by atoms with Crippen LogP contribution < -0.4 is 4.72 Å². The standard InChI is InChI=1S/C22H22FN3O4S/c1-16-18(4-9-22(27)28)13-20(26(16)15-17-3-2-11-24-14-17)10-12-25-31(29,30)21-7-5-19(23)6-8-21/h2-9,11,13-14,25H,10,12,15H2,1H3,(H,27,28)/b9-4+. The van der Waals surface area contributed by atoms with Gasteiger partial charge in [0.15, 0.2) is 0 Å². The van der Waals surface area contributed by atoms with Gasteiger partial charge in [0.2, 0.25) is 10.0 Å². The number of pyridine rings is 1. The third-order valence-electron chi connectivity index (χ3n) is 4.76. The molecule has 3 aromatic rings. The maximum atomic E-state index is 13.1. The van der Waals surface area contributed by atoms with Crippen LogP contribution in [0, 0.1) is 12.7 Å². The Hall–Kier alpha value is -3.30. The topological polar surface area (TPSA) is 101 Å². The number of aromatic nitrogens is 2. The van der Waals surface area contributed by atoms with Crippen LogP contribution in [0.1, 0.15) is 22.5 Å². The molecule has 0 aliphatic carbocycles. The lowest BCUT2D eigenvalue weighted by Crippen LogP contribution is -2.26. The second kappa shape index (κ2) is 9.67. The van der Waals surface area contributed by atoms with Gasteiger partial charge in [-0.25, -0.2) is 22.3 Å². The number of carboxylic acids is 1. The lowest BCUT2D eigenvalue weighted by atomic mass is 10.2. The van der Waals surface area contributed by atoms with E-state index in [2.05, 4.69) is 9.71 Å². The van der Waals surface area contributed by atoms with Gasteiger partial charge >= 0.3 is 5.97 Å². The normalized spacial score (nSPS) is 11.8. The molecule has 0 unspecified atom stereocenters. The number of sulfonamides is 1. The van der Waals surface area contributed by atoms with Crippen LogP contribution in [0.3, 0.4) is 0 Å². The number of aliphatic carboxylic acids is 1. The Morgan fingerprint density at radius 2 is 2.00 bits per heavy atom. The molecule has 0 saturated carbocycles. The van der Waals surface area contributed by atoms with Crippen LogP contribution in [0.15, 0.2) is 65.8 Å². The Kier molecular flexibility index (Phi) is 6.98. The average Bonchev–Trinajstić information content (AvgIpc) is 3.02. The van der Waals surface area contributed by atoms with E-state index in [0.29, 0.717) is 13.0 Å². The number of carboxylic acid groups (broad SMARTS) is 1. The van der Waals surface area contributed by atoms with E-state index < -0.39 is 21.8 Å². The Balaban J connectivity index is 1.80. The van der Waals surface area contributed by atoms with Crippen molar-refractivity contribution in [2.24, 2.45) is 0 Å². The van der Waals surface area contributed by atoms with E-state index in [-0.39, 0.29) is 11.4 Å². The average molecular weight is 444 g/mol. The van der Waals surface area contributed by atoms with E-state index in [1.807, 2.05) is 29.7 Å². The minimum Gasteiger partial charge on any atom is -0.478 e. The highest BCUT2D eigenvalue weighted by molar-refractivity contribution is 7.89. The molecule has 0 atom stereocenters. The highest BCUT2D eigenvalue weighted by Gasteiger charge is 2.15. The van der Waals surface area contributed by atoms with Crippen LogP contribution in [0.25, 0.3) is 6.08 Å². The van der Waals surface area contributed by atoms with Gasteiger partial charge in [0.05, 0.1) is 4.90 Å². The lowest BCUT2D eigenvalue weighted by molar-refractivity contribution is -0.131. The first-order valence-electron chi connectivity index (χ1n) is 9.50. The third kappa shape index (κ3) is 5.87. The van der Waals surface area contributed by atoms with Crippen molar-refractivity contribution in [3.05, 3.63) is 89.3 Å². The molecule has 1 aromatic carbocycles. The van der Waals surface area contributed by atoms with Gasteiger partial charge in [-0.2, -0.15) is 0 Å². The molecule has 0 spiro atoms. The maximum absolute atomic E-state index is 13.1. The van der Waals surface area contributed by atoms with Crippen molar-refractivity contribution >= 4 is 22.1 Å². The molecule has 9 heteroatoms. The minimum atomic E-state index is -3.77. The Labute approximate surface area is 179 Å². The summed E-state index contributed by atoms with van der Waals surface area (Å²) in [5.41, 5.74) is 3.40. The second-order valence-corrected chi connectivity index (χ2v) is 8.66. The van der Waals surface area contributed by atoms with Crippen molar-refractivity contribution in [2.45, 2.75) is 24.8 Å². The molecule has 162 valence electrons. The van der Waals surface area contributed by atoms with Gasteiger partial charge in [0, 0.05) is 49.4 Å². The molecule has 0 radical (unpaired) electrons.